The minimum atomic E-state index is -0.163. The summed E-state index contributed by atoms with van der Waals surface area (Å²) in [5.74, 6) is 0.0654. The number of rotatable bonds is 4. The molecule has 1 amide bonds. The summed E-state index contributed by atoms with van der Waals surface area (Å²) in [7, 11) is 1.95. The highest BCUT2D eigenvalue weighted by molar-refractivity contribution is 9.11. The molecule has 3 nitrogen and oxygen atoms in total. The van der Waals surface area contributed by atoms with Gasteiger partial charge >= 0.3 is 0 Å². The molecule has 0 aliphatic carbocycles. The quantitative estimate of drug-likeness (QED) is 0.925. The van der Waals surface area contributed by atoms with Gasteiger partial charge in [-0.15, -0.1) is 11.3 Å². The lowest BCUT2D eigenvalue weighted by molar-refractivity contribution is -0.123. The van der Waals surface area contributed by atoms with E-state index < -0.39 is 0 Å². The van der Waals surface area contributed by atoms with E-state index in [1.807, 2.05) is 38.8 Å². The first-order chi connectivity index (χ1) is 7.76. The standard InChI is InChI=1S/C12H19BrN2OS/c1-12(2,3)14-11(16)8-15(4)7-9-5-6-10(13)17-9/h5-6H,7-8H2,1-4H3,(H,14,16). The predicted molar refractivity (Wildman–Crippen MR) is 76.2 cm³/mol. The number of amides is 1. The van der Waals surface area contributed by atoms with Crippen molar-refractivity contribution in [1.29, 1.82) is 0 Å². The van der Waals surface area contributed by atoms with Crippen LogP contribution in [0.1, 0.15) is 25.6 Å². The van der Waals surface area contributed by atoms with E-state index in [1.54, 1.807) is 11.3 Å². The monoisotopic (exact) mass is 318 g/mol. The molecular formula is C12H19BrN2OS. The van der Waals surface area contributed by atoms with Gasteiger partial charge in [0.05, 0.1) is 10.3 Å². The Bertz CT molecular complexity index is 384. The maximum atomic E-state index is 11.7. The summed E-state index contributed by atoms with van der Waals surface area (Å²) in [6, 6.07) is 4.11. The Morgan fingerprint density at radius 3 is 2.59 bits per heavy atom. The highest BCUT2D eigenvalue weighted by atomic mass is 79.9. The summed E-state index contributed by atoms with van der Waals surface area (Å²) < 4.78 is 1.13. The lowest BCUT2D eigenvalue weighted by Gasteiger charge is -2.23. The number of hydrogen-bond donors (Lipinski definition) is 1. The van der Waals surface area contributed by atoms with Crippen LogP contribution in [0.4, 0.5) is 0 Å². The first kappa shape index (κ1) is 14.7. The van der Waals surface area contributed by atoms with Gasteiger partial charge in [0.25, 0.3) is 0 Å². The number of likely N-dealkylation sites (N-methyl/N-ethyl adjacent to an activating group) is 1. The molecule has 0 saturated carbocycles. The third-order valence-electron chi connectivity index (χ3n) is 1.98. The zero-order valence-electron chi connectivity index (χ0n) is 10.7. The summed E-state index contributed by atoms with van der Waals surface area (Å²) >= 11 is 5.13. The van der Waals surface area contributed by atoms with Gasteiger partial charge in [-0.3, -0.25) is 9.69 Å². The molecule has 0 aliphatic rings. The Kier molecular flexibility index (Phi) is 5.16. The lowest BCUT2D eigenvalue weighted by Crippen LogP contribution is -2.45. The van der Waals surface area contributed by atoms with Crippen LogP contribution in [0.25, 0.3) is 0 Å². The summed E-state index contributed by atoms with van der Waals surface area (Å²) in [5.41, 5.74) is -0.163. The van der Waals surface area contributed by atoms with Crippen LogP contribution in [0, 0.1) is 0 Å². The molecule has 1 heterocycles. The van der Waals surface area contributed by atoms with E-state index in [2.05, 4.69) is 27.3 Å². The highest BCUT2D eigenvalue weighted by Gasteiger charge is 2.15. The van der Waals surface area contributed by atoms with E-state index in [-0.39, 0.29) is 11.4 Å². The molecule has 0 spiro atoms. The van der Waals surface area contributed by atoms with Crippen molar-refractivity contribution in [3.63, 3.8) is 0 Å². The van der Waals surface area contributed by atoms with Crippen molar-refractivity contribution in [3.05, 3.63) is 20.8 Å². The van der Waals surface area contributed by atoms with E-state index in [4.69, 9.17) is 0 Å². The molecule has 0 aromatic carbocycles. The maximum absolute atomic E-state index is 11.7. The lowest BCUT2D eigenvalue weighted by atomic mass is 10.1. The molecular weight excluding hydrogens is 300 g/mol. The second-order valence-electron chi connectivity index (χ2n) is 5.18. The summed E-state index contributed by atoms with van der Waals surface area (Å²) in [5, 5.41) is 2.95. The van der Waals surface area contributed by atoms with Crippen LogP contribution in [0.3, 0.4) is 0 Å². The molecule has 0 saturated heterocycles. The van der Waals surface area contributed by atoms with Gasteiger partial charge in [0.1, 0.15) is 0 Å². The summed E-state index contributed by atoms with van der Waals surface area (Å²) in [4.78, 5) is 15.0. The number of hydrogen-bond acceptors (Lipinski definition) is 3. The van der Waals surface area contributed by atoms with Gasteiger partial charge in [-0.2, -0.15) is 0 Å². The molecule has 0 fully saturated rings. The third kappa shape index (κ3) is 6.19. The van der Waals surface area contributed by atoms with E-state index in [9.17, 15) is 4.79 Å². The second-order valence-corrected chi connectivity index (χ2v) is 7.72. The van der Waals surface area contributed by atoms with Crippen LogP contribution >= 0.6 is 27.3 Å². The summed E-state index contributed by atoms with van der Waals surface area (Å²) in [6.07, 6.45) is 0. The molecule has 1 aromatic rings. The number of nitrogens with zero attached hydrogens (tertiary/aromatic N) is 1. The van der Waals surface area contributed by atoms with Crippen molar-refractivity contribution < 1.29 is 4.79 Å². The third-order valence-corrected chi connectivity index (χ3v) is 3.59. The second kappa shape index (κ2) is 5.98. The van der Waals surface area contributed by atoms with Crippen molar-refractivity contribution in [2.24, 2.45) is 0 Å². The van der Waals surface area contributed by atoms with Gasteiger partial charge in [0.2, 0.25) is 5.91 Å². The Hall–Kier alpha value is -0.390. The molecule has 1 rings (SSSR count). The van der Waals surface area contributed by atoms with Gasteiger partial charge in [-0.05, 0) is 55.9 Å². The van der Waals surface area contributed by atoms with Gasteiger partial charge in [-0.25, -0.2) is 0 Å². The average molecular weight is 319 g/mol. The Morgan fingerprint density at radius 2 is 2.12 bits per heavy atom. The van der Waals surface area contributed by atoms with E-state index in [0.29, 0.717) is 6.54 Å². The highest BCUT2D eigenvalue weighted by Crippen LogP contribution is 2.22. The molecule has 96 valence electrons. The van der Waals surface area contributed by atoms with Gasteiger partial charge in [-0.1, -0.05) is 0 Å². The van der Waals surface area contributed by atoms with Crippen molar-refractivity contribution in [3.8, 4) is 0 Å². The number of nitrogens with one attached hydrogen (secondary N) is 1. The van der Waals surface area contributed by atoms with E-state index in [1.165, 1.54) is 4.88 Å². The number of thiophene rings is 1. The molecule has 0 unspecified atom stereocenters. The minimum Gasteiger partial charge on any atom is -0.350 e. The van der Waals surface area contributed by atoms with Crippen molar-refractivity contribution in [1.82, 2.24) is 10.2 Å². The fourth-order valence-electron chi connectivity index (χ4n) is 1.46. The molecule has 0 radical (unpaired) electrons. The largest absolute Gasteiger partial charge is 0.350 e. The van der Waals surface area contributed by atoms with Crippen LogP contribution in [0.15, 0.2) is 15.9 Å². The molecule has 0 bridgehead atoms. The van der Waals surface area contributed by atoms with Gasteiger partial charge < -0.3 is 5.32 Å². The zero-order chi connectivity index (χ0) is 13.1. The van der Waals surface area contributed by atoms with Gasteiger partial charge in [0.15, 0.2) is 0 Å². The Balaban J connectivity index is 2.39. The fourth-order valence-corrected chi connectivity index (χ4v) is 3.03. The van der Waals surface area contributed by atoms with Crippen LogP contribution in [-0.2, 0) is 11.3 Å². The molecule has 0 aliphatic heterocycles. The van der Waals surface area contributed by atoms with Gasteiger partial charge in [0, 0.05) is 17.0 Å². The fraction of sp³-hybridized carbons (Fsp3) is 0.583. The van der Waals surface area contributed by atoms with E-state index in [0.717, 1.165) is 10.3 Å². The Morgan fingerprint density at radius 1 is 1.47 bits per heavy atom. The molecule has 1 aromatic heterocycles. The van der Waals surface area contributed by atoms with Crippen molar-refractivity contribution >= 4 is 33.2 Å². The molecule has 1 N–H and O–H groups in total. The first-order valence-electron chi connectivity index (χ1n) is 5.50. The SMILES string of the molecule is CN(CC(=O)NC(C)(C)C)Cc1ccc(Br)s1. The van der Waals surface area contributed by atoms with Crippen LogP contribution in [-0.4, -0.2) is 29.9 Å². The van der Waals surface area contributed by atoms with Crippen LogP contribution in [0.2, 0.25) is 0 Å². The van der Waals surface area contributed by atoms with Crippen LogP contribution in [0.5, 0.6) is 0 Å². The average Bonchev–Trinajstić information content (AvgIpc) is 2.46. The Labute approximate surface area is 115 Å². The van der Waals surface area contributed by atoms with Crippen molar-refractivity contribution in [2.45, 2.75) is 32.9 Å². The topological polar surface area (TPSA) is 32.3 Å². The molecule has 5 heteroatoms. The number of carbonyl (C=O) groups is 1. The predicted octanol–water partition coefficient (Wildman–Crippen LogP) is 2.86. The molecule has 17 heavy (non-hydrogen) atoms. The van der Waals surface area contributed by atoms with E-state index >= 15 is 0 Å². The molecule has 0 atom stereocenters. The minimum absolute atomic E-state index is 0.0654. The number of halogens is 1. The maximum Gasteiger partial charge on any atom is 0.234 e. The van der Waals surface area contributed by atoms with Crippen molar-refractivity contribution in [2.75, 3.05) is 13.6 Å². The smallest absolute Gasteiger partial charge is 0.234 e. The first-order valence-corrected chi connectivity index (χ1v) is 7.11. The normalized spacial score (nSPS) is 11.9. The van der Waals surface area contributed by atoms with Crippen LogP contribution < -0.4 is 5.32 Å². The summed E-state index contributed by atoms with van der Waals surface area (Å²) in [6.45, 7) is 7.18. The zero-order valence-corrected chi connectivity index (χ0v) is 13.1. The number of carbonyl (C=O) groups excluding carboxylic acids is 1.